The van der Waals surface area contributed by atoms with Crippen LogP contribution in [-0.4, -0.2) is 17.8 Å². The van der Waals surface area contributed by atoms with Crippen LogP contribution >= 0.6 is 50.1 Å². The molecule has 1 saturated carbocycles. The van der Waals surface area contributed by atoms with Crippen molar-refractivity contribution in [2.45, 2.75) is 24.6 Å². The Morgan fingerprint density at radius 1 is 1.50 bits per heavy atom. The van der Waals surface area contributed by atoms with Crippen LogP contribution in [0.3, 0.4) is 0 Å². The van der Waals surface area contributed by atoms with Crippen LogP contribution in [-0.2, 0) is 0 Å². The average molecular weight is 443 g/mol. The lowest BCUT2D eigenvalue weighted by atomic mass is 10.1. The van der Waals surface area contributed by atoms with Gasteiger partial charge in [-0.25, -0.2) is 0 Å². The maximum absolute atomic E-state index is 12.1. The van der Waals surface area contributed by atoms with Gasteiger partial charge in [-0.1, -0.05) is 15.9 Å². The highest BCUT2D eigenvalue weighted by atomic mass is 127. The van der Waals surface area contributed by atoms with Gasteiger partial charge in [0.1, 0.15) is 0 Å². The molecule has 5 heteroatoms. The monoisotopic (exact) mass is 441 g/mol. The topological polar surface area (TPSA) is 29.1 Å². The van der Waals surface area contributed by atoms with Crippen LogP contribution in [0.25, 0.3) is 0 Å². The van der Waals surface area contributed by atoms with Crippen molar-refractivity contribution in [1.29, 1.82) is 0 Å². The molecule has 0 saturated heterocycles. The van der Waals surface area contributed by atoms with E-state index >= 15 is 0 Å². The van der Waals surface area contributed by atoms with Gasteiger partial charge in [-0.05, 0) is 66.0 Å². The second kappa shape index (κ2) is 6.57. The minimum atomic E-state index is -0.00118. The fourth-order valence-corrected chi connectivity index (χ4v) is 3.52. The van der Waals surface area contributed by atoms with E-state index in [2.05, 4.69) is 43.8 Å². The summed E-state index contributed by atoms with van der Waals surface area (Å²) in [5, 5.41) is 3.30. The number of rotatable bonds is 3. The summed E-state index contributed by atoms with van der Waals surface area (Å²) in [5.74, 6) is 0.528. The first-order valence-corrected chi connectivity index (χ1v) is 8.24. The minimum Gasteiger partial charge on any atom is -0.352 e. The molecule has 18 heavy (non-hydrogen) atoms. The van der Waals surface area contributed by atoms with Crippen molar-refractivity contribution < 1.29 is 4.79 Å². The van der Waals surface area contributed by atoms with Crippen LogP contribution in [0.4, 0.5) is 0 Å². The molecule has 98 valence electrons. The van der Waals surface area contributed by atoms with E-state index < -0.39 is 0 Å². The first-order valence-electron chi connectivity index (χ1n) is 5.93. The zero-order chi connectivity index (χ0) is 13.1. The molecule has 2 unspecified atom stereocenters. The lowest BCUT2D eigenvalue weighted by molar-refractivity contribution is 0.0946. The molecular weight excluding hydrogens is 428 g/mol. The smallest absolute Gasteiger partial charge is 0.252 e. The molecule has 0 spiro atoms. The fourth-order valence-electron chi connectivity index (χ4n) is 2.20. The summed E-state index contributed by atoms with van der Waals surface area (Å²) >= 11 is 11.6. The van der Waals surface area contributed by atoms with E-state index in [1.54, 1.807) is 0 Å². The normalized spacial score (nSPS) is 23.1. The van der Waals surface area contributed by atoms with Crippen molar-refractivity contribution in [1.82, 2.24) is 5.32 Å². The molecule has 0 aromatic heterocycles. The lowest BCUT2D eigenvalue weighted by Gasteiger charge is -2.12. The van der Waals surface area contributed by atoms with E-state index in [4.69, 9.17) is 11.6 Å². The molecular formula is C13H14BrClINO. The largest absolute Gasteiger partial charge is 0.352 e. The summed E-state index contributed by atoms with van der Waals surface area (Å²) in [6.07, 6.45) is 3.19. The molecule has 2 rings (SSSR count). The van der Waals surface area contributed by atoms with Crippen molar-refractivity contribution in [2.75, 3.05) is 6.54 Å². The maximum Gasteiger partial charge on any atom is 0.252 e. The van der Waals surface area contributed by atoms with Crippen molar-refractivity contribution in [3.63, 3.8) is 0 Å². The number of nitrogens with one attached hydrogen (secondary N) is 1. The molecule has 2 atom stereocenters. The first kappa shape index (κ1) is 14.6. The summed E-state index contributed by atoms with van der Waals surface area (Å²) in [6, 6.07) is 5.73. The van der Waals surface area contributed by atoms with Crippen LogP contribution in [0.2, 0.25) is 0 Å². The van der Waals surface area contributed by atoms with Gasteiger partial charge >= 0.3 is 0 Å². The van der Waals surface area contributed by atoms with Crippen molar-refractivity contribution in [3.8, 4) is 0 Å². The third-order valence-electron chi connectivity index (χ3n) is 3.20. The van der Waals surface area contributed by atoms with Gasteiger partial charge in [0, 0.05) is 20.0 Å². The zero-order valence-corrected chi connectivity index (χ0v) is 14.3. The SMILES string of the molecule is O=C(NCC1CCC(Cl)C1)c1cc(Br)ccc1I. The third kappa shape index (κ3) is 3.84. The molecule has 1 aliphatic rings. The van der Waals surface area contributed by atoms with E-state index in [-0.39, 0.29) is 11.3 Å². The molecule has 1 aromatic carbocycles. The average Bonchev–Trinajstić information content (AvgIpc) is 2.75. The number of carbonyl (C=O) groups excluding carboxylic acids is 1. The Morgan fingerprint density at radius 2 is 2.28 bits per heavy atom. The van der Waals surface area contributed by atoms with Crippen LogP contribution in [0.1, 0.15) is 29.6 Å². The van der Waals surface area contributed by atoms with Crippen molar-refractivity contribution in [3.05, 3.63) is 31.8 Å². The maximum atomic E-state index is 12.1. The van der Waals surface area contributed by atoms with Crippen LogP contribution in [0, 0.1) is 9.49 Å². The highest BCUT2D eigenvalue weighted by Gasteiger charge is 2.23. The van der Waals surface area contributed by atoms with Crippen LogP contribution in [0.15, 0.2) is 22.7 Å². The molecule has 2 nitrogen and oxygen atoms in total. The fraction of sp³-hybridized carbons (Fsp3) is 0.462. The quantitative estimate of drug-likeness (QED) is 0.552. The molecule has 1 aromatic rings. The van der Waals surface area contributed by atoms with Gasteiger partial charge in [0.15, 0.2) is 0 Å². The Morgan fingerprint density at radius 3 is 2.94 bits per heavy atom. The van der Waals surface area contributed by atoms with Crippen LogP contribution < -0.4 is 5.32 Å². The third-order valence-corrected chi connectivity index (χ3v) is 5.03. The van der Waals surface area contributed by atoms with Gasteiger partial charge in [-0.3, -0.25) is 4.79 Å². The molecule has 1 fully saturated rings. The zero-order valence-electron chi connectivity index (χ0n) is 9.76. The molecule has 1 N–H and O–H groups in total. The lowest BCUT2D eigenvalue weighted by Crippen LogP contribution is -2.29. The van der Waals surface area contributed by atoms with Gasteiger partial charge in [-0.2, -0.15) is 0 Å². The molecule has 0 heterocycles. The number of alkyl halides is 1. The van der Waals surface area contributed by atoms with E-state index in [1.165, 1.54) is 0 Å². The predicted octanol–water partition coefficient (Wildman–Crippen LogP) is 4.19. The first-order chi connectivity index (χ1) is 8.56. The minimum absolute atomic E-state index is 0.00118. The molecule has 1 aliphatic carbocycles. The summed E-state index contributed by atoms with van der Waals surface area (Å²) in [6.45, 7) is 0.727. The summed E-state index contributed by atoms with van der Waals surface area (Å²) < 4.78 is 1.89. The summed E-state index contributed by atoms with van der Waals surface area (Å²) in [4.78, 5) is 12.1. The Kier molecular flexibility index (Phi) is 5.33. The second-order valence-electron chi connectivity index (χ2n) is 4.61. The van der Waals surface area contributed by atoms with Gasteiger partial charge in [-0.15, -0.1) is 11.6 Å². The van der Waals surface area contributed by atoms with Crippen molar-refractivity contribution in [2.24, 2.45) is 5.92 Å². The van der Waals surface area contributed by atoms with Gasteiger partial charge in [0.2, 0.25) is 0 Å². The van der Waals surface area contributed by atoms with Gasteiger partial charge in [0.05, 0.1) is 5.56 Å². The number of amides is 1. The standard InChI is InChI=1S/C13H14BrClINO/c14-9-2-4-12(16)11(6-9)13(18)17-7-8-1-3-10(15)5-8/h2,4,6,8,10H,1,3,5,7H2,(H,17,18). The Balaban J connectivity index is 1.93. The number of benzene rings is 1. The van der Waals surface area contributed by atoms with Crippen molar-refractivity contribution >= 4 is 56.0 Å². The molecule has 1 amide bonds. The van der Waals surface area contributed by atoms with E-state index in [0.717, 1.165) is 39.4 Å². The Bertz CT molecular complexity index is 455. The van der Waals surface area contributed by atoms with E-state index in [1.807, 2.05) is 18.2 Å². The van der Waals surface area contributed by atoms with E-state index in [9.17, 15) is 4.79 Å². The highest BCUT2D eigenvalue weighted by Crippen LogP contribution is 2.28. The second-order valence-corrected chi connectivity index (χ2v) is 7.31. The van der Waals surface area contributed by atoms with Gasteiger partial charge in [0.25, 0.3) is 5.91 Å². The Hall–Kier alpha value is 0.190. The van der Waals surface area contributed by atoms with Crippen LogP contribution in [0.5, 0.6) is 0 Å². The Labute approximate surface area is 134 Å². The molecule has 0 aliphatic heterocycles. The van der Waals surface area contributed by atoms with Gasteiger partial charge < -0.3 is 5.32 Å². The van der Waals surface area contributed by atoms with E-state index in [0.29, 0.717) is 5.92 Å². The predicted molar refractivity (Wildman–Crippen MR) is 86.2 cm³/mol. The number of halogens is 3. The number of hydrogen-bond acceptors (Lipinski definition) is 1. The summed E-state index contributed by atoms with van der Waals surface area (Å²) in [7, 11) is 0. The number of hydrogen-bond donors (Lipinski definition) is 1. The number of carbonyl (C=O) groups is 1. The summed E-state index contributed by atoms with van der Waals surface area (Å²) in [5.41, 5.74) is 0.727. The molecule has 0 radical (unpaired) electrons. The highest BCUT2D eigenvalue weighted by molar-refractivity contribution is 14.1. The molecule has 0 bridgehead atoms.